The summed E-state index contributed by atoms with van der Waals surface area (Å²) in [6, 6.07) is 4.50. The van der Waals surface area contributed by atoms with Crippen LogP contribution in [0, 0.1) is 0 Å². The number of carbonyl (C=O) groups is 5. The Morgan fingerprint density at radius 3 is 2.48 bits per heavy atom. The number of hydrogen-bond donors (Lipinski definition) is 6. The summed E-state index contributed by atoms with van der Waals surface area (Å²) in [5.74, 6) is -2.84. The predicted octanol–water partition coefficient (Wildman–Crippen LogP) is -1.31. The molecule has 228 valence electrons. The van der Waals surface area contributed by atoms with Crippen molar-refractivity contribution in [1.29, 1.82) is 0 Å². The average Bonchev–Trinajstić information content (AvgIpc) is 3.41. The fraction of sp³-hybridized carbons (Fsp3) is 0.536. The van der Waals surface area contributed by atoms with E-state index < -0.39 is 59.7 Å². The van der Waals surface area contributed by atoms with Crippen molar-refractivity contribution in [3.05, 3.63) is 47.8 Å². The lowest BCUT2D eigenvalue weighted by Crippen LogP contribution is -2.58. The van der Waals surface area contributed by atoms with Gasteiger partial charge in [-0.2, -0.15) is 0 Å². The van der Waals surface area contributed by atoms with Crippen molar-refractivity contribution in [1.82, 2.24) is 41.6 Å². The Morgan fingerprint density at radius 2 is 1.79 bits per heavy atom. The lowest BCUT2D eigenvalue weighted by molar-refractivity contribution is -0.134. The molecule has 2 aromatic rings. The van der Waals surface area contributed by atoms with Crippen molar-refractivity contribution in [2.24, 2.45) is 5.73 Å². The Labute approximate surface area is 244 Å². The molecule has 5 atom stereocenters. The van der Waals surface area contributed by atoms with Crippen LogP contribution in [-0.2, 0) is 43.4 Å². The molecule has 0 spiro atoms. The van der Waals surface area contributed by atoms with Crippen molar-refractivity contribution in [2.45, 2.75) is 89.1 Å². The second-order valence-electron chi connectivity index (χ2n) is 10.5. The maximum Gasteiger partial charge on any atom is 0.243 e. The van der Waals surface area contributed by atoms with Crippen LogP contribution < -0.4 is 32.3 Å². The largest absolute Gasteiger partial charge is 0.368 e. The predicted molar refractivity (Wildman–Crippen MR) is 153 cm³/mol. The second-order valence-corrected chi connectivity index (χ2v) is 10.5. The van der Waals surface area contributed by atoms with Gasteiger partial charge in [-0.1, -0.05) is 48.4 Å². The number of nitrogens with two attached hydrogens (primary N) is 1. The number of hydrogen-bond acceptors (Lipinski definition) is 8. The summed E-state index contributed by atoms with van der Waals surface area (Å²) in [6.07, 6.45) is 4.35. The number of likely N-dealkylation sites (N-methyl/N-ethyl adjacent to an activating group) is 1. The summed E-state index contributed by atoms with van der Waals surface area (Å²) in [4.78, 5) is 64.7. The number of aryl methyl sites for hydroxylation is 1. The van der Waals surface area contributed by atoms with Gasteiger partial charge < -0.3 is 32.3 Å². The molecule has 0 saturated carbocycles. The van der Waals surface area contributed by atoms with Gasteiger partial charge in [0.05, 0.1) is 11.7 Å². The summed E-state index contributed by atoms with van der Waals surface area (Å²) >= 11 is 0. The van der Waals surface area contributed by atoms with E-state index in [1.54, 1.807) is 24.9 Å². The third-order valence-corrected chi connectivity index (χ3v) is 7.17. The van der Waals surface area contributed by atoms with E-state index in [0.29, 0.717) is 25.1 Å². The lowest BCUT2D eigenvalue weighted by atomic mass is 10.0. The first-order valence-electron chi connectivity index (χ1n) is 14.2. The molecule has 42 heavy (non-hydrogen) atoms. The molecule has 1 aliphatic heterocycles. The van der Waals surface area contributed by atoms with Crippen LogP contribution in [0.4, 0.5) is 0 Å². The number of benzene rings is 1. The topological polar surface area (TPSA) is 202 Å². The normalized spacial score (nSPS) is 23.6. The molecule has 7 N–H and O–H groups in total. The van der Waals surface area contributed by atoms with E-state index in [1.165, 1.54) is 6.92 Å². The van der Waals surface area contributed by atoms with Gasteiger partial charge in [0, 0.05) is 25.6 Å². The van der Waals surface area contributed by atoms with E-state index >= 15 is 0 Å². The van der Waals surface area contributed by atoms with Gasteiger partial charge in [0.15, 0.2) is 0 Å². The minimum Gasteiger partial charge on any atom is -0.368 e. The van der Waals surface area contributed by atoms with Crippen LogP contribution in [0.1, 0.15) is 50.8 Å². The number of rotatable bonds is 6. The van der Waals surface area contributed by atoms with Crippen LogP contribution in [-0.4, -0.2) is 81.8 Å². The van der Waals surface area contributed by atoms with E-state index in [4.69, 9.17) is 5.73 Å². The van der Waals surface area contributed by atoms with Crippen LogP contribution in [0.15, 0.2) is 36.5 Å². The molecule has 0 aliphatic carbocycles. The smallest absolute Gasteiger partial charge is 0.243 e. The number of nitrogens with zero attached hydrogens (tertiary/aromatic N) is 3. The highest BCUT2D eigenvalue weighted by molar-refractivity contribution is 5.95. The first-order valence-corrected chi connectivity index (χ1v) is 14.2. The van der Waals surface area contributed by atoms with Gasteiger partial charge >= 0.3 is 0 Å². The maximum atomic E-state index is 13.3. The van der Waals surface area contributed by atoms with Crippen molar-refractivity contribution in [2.75, 3.05) is 7.05 Å². The number of primary amides is 1. The SMILES string of the molecule is CN[C@H](C)C(=O)N[C@H]1Cc2cn(nn2)CCCCC[C@@H](C(N)=O)NC(=O)[C@H](Cc2ccccc2)NC(=O)[C@H](C)NC1=O. The van der Waals surface area contributed by atoms with E-state index in [-0.39, 0.29) is 12.8 Å². The molecule has 5 amide bonds. The van der Waals surface area contributed by atoms with Crippen LogP contribution >= 0.6 is 0 Å². The molecular formula is C28H41N9O5. The molecule has 0 radical (unpaired) electrons. The Kier molecular flexibility index (Phi) is 12.0. The van der Waals surface area contributed by atoms with Gasteiger partial charge in [0.2, 0.25) is 29.5 Å². The van der Waals surface area contributed by atoms with Gasteiger partial charge in [-0.05, 0) is 39.3 Å². The summed E-state index contributed by atoms with van der Waals surface area (Å²) in [5.41, 5.74) is 6.87. The molecule has 2 bridgehead atoms. The summed E-state index contributed by atoms with van der Waals surface area (Å²) in [7, 11) is 1.63. The third-order valence-electron chi connectivity index (χ3n) is 7.17. The van der Waals surface area contributed by atoms with Crippen LogP contribution in [0.5, 0.6) is 0 Å². The molecular weight excluding hydrogens is 542 g/mol. The van der Waals surface area contributed by atoms with Crippen molar-refractivity contribution < 1.29 is 24.0 Å². The molecule has 14 nitrogen and oxygen atoms in total. The molecule has 2 heterocycles. The second kappa shape index (κ2) is 15.6. The Morgan fingerprint density at radius 1 is 1.05 bits per heavy atom. The average molecular weight is 584 g/mol. The van der Waals surface area contributed by atoms with E-state index in [9.17, 15) is 24.0 Å². The van der Waals surface area contributed by atoms with Crippen molar-refractivity contribution >= 4 is 29.5 Å². The maximum absolute atomic E-state index is 13.3. The Balaban J connectivity index is 1.86. The van der Waals surface area contributed by atoms with E-state index in [2.05, 4.69) is 36.9 Å². The summed E-state index contributed by atoms with van der Waals surface area (Å²) in [6.45, 7) is 3.68. The fourth-order valence-corrected chi connectivity index (χ4v) is 4.48. The van der Waals surface area contributed by atoms with Gasteiger partial charge in [0.25, 0.3) is 0 Å². The highest BCUT2D eigenvalue weighted by atomic mass is 16.2. The highest BCUT2D eigenvalue weighted by Gasteiger charge is 2.30. The van der Waals surface area contributed by atoms with Gasteiger partial charge in [0.1, 0.15) is 24.2 Å². The van der Waals surface area contributed by atoms with E-state index in [1.807, 2.05) is 30.3 Å². The minimum atomic E-state index is -1.06. The number of aromatic nitrogens is 3. The van der Waals surface area contributed by atoms with Gasteiger partial charge in [-0.25, -0.2) is 0 Å². The first-order chi connectivity index (χ1) is 20.1. The monoisotopic (exact) mass is 583 g/mol. The molecule has 14 heteroatoms. The zero-order chi connectivity index (χ0) is 30.6. The van der Waals surface area contributed by atoms with Crippen LogP contribution in [0.2, 0.25) is 0 Å². The standard InChI is InChI=1S/C28H41N9O5/c1-17(30-3)25(39)34-23-15-20-16-37(36-35-20)13-9-5-8-12-21(24(29)38)32-28(42)22(14-19-10-6-4-7-11-19)33-26(40)18(2)31-27(23)41/h4,6-7,10-11,16-18,21-23,30H,5,8-9,12-15H2,1-3H3,(H2,29,38)(H,31,41)(H,32,42)(H,33,40)(H,34,39)/t17-,18+,21+,22+,23+/m1/s1. The highest BCUT2D eigenvalue weighted by Crippen LogP contribution is 2.09. The molecule has 3 rings (SSSR count). The lowest BCUT2D eigenvalue weighted by Gasteiger charge is -2.25. The van der Waals surface area contributed by atoms with E-state index in [0.717, 1.165) is 18.4 Å². The first kappa shape index (κ1) is 32.2. The summed E-state index contributed by atoms with van der Waals surface area (Å²) in [5, 5.41) is 21.8. The van der Waals surface area contributed by atoms with Crippen LogP contribution in [0.3, 0.4) is 0 Å². The van der Waals surface area contributed by atoms with Crippen LogP contribution in [0.25, 0.3) is 0 Å². The summed E-state index contributed by atoms with van der Waals surface area (Å²) < 4.78 is 1.65. The zero-order valence-electron chi connectivity index (χ0n) is 24.3. The molecule has 1 aromatic heterocycles. The molecule has 0 saturated heterocycles. The quantitative estimate of drug-likeness (QED) is 0.240. The van der Waals surface area contributed by atoms with Crippen molar-refractivity contribution in [3.8, 4) is 0 Å². The number of fused-ring (bicyclic) bond motifs is 2. The molecule has 1 aromatic carbocycles. The van der Waals surface area contributed by atoms with Crippen molar-refractivity contribution in [3.63, 3.8) is 0 Å². The fourth-order valence-electron chi connectivity index (χ4n) is 4.48. The number of carbonyl (C=O) groups excluding carboxylic acids is 5. The van der Waals surface area contributed by atoms with Gasteiger partial charge in [-0.3, -0.25) is 28.7 Å². The molecule has 0 unspecified atom stereocenters. The third kappa shape index (κ3) is 9.65. The minimum absolute atomic E-state index is 0.0572. The van der Waals surface area contributed by atoms with Gasteiger partial charge in [-0.15, -0.1) is 5.10 Å². The number of amides is 5. The Hall–Kier alpha value is -4.33. The molecule has 1 aliphatic rings. The Bertz CT molecular complexity index is 1240. The molecule has 0 fully saturated rings. The number of nitrogens with one attached hydrogen (secondary N) is 5. The zero-order valence-corrected chi connectivity index (χ0v) is 24.3.